The number of hydrogen-bond acceptors (Lipinski definition) is 6. The lowest BCUT2D eigenvalue weighted by molar-refractivity contribution is -0.384. The van der Waals surface area contributed by atoms with E-state index in [1.807, 2.05) is 6.92 Å². The molecule has 1 amide bonds. The fourth-order valence-electron chi connectivity index (χ4n) is 2.08. The Hall–Kier alpha value is -3.42. The molecule has 8 nitrogen and oxygen atoms in total. The highest BCUT2D eigenvalue weighted by Gasteiger charge is 2.09. The van der Waals surface area contributed by atoms with Crippen LogP contribution in [0, 0.1) is 10.1 Å². The van der Waals surface area contributed by atoms with Crippen LogP contribution in [0.4, 0.5) is 17.1 Å². The van der Waals surface area contributed by atoms with Gasteiger partial charge >= 0.3 is 5.97 Å². The average Bonchev–Trinajstić information content (AvgIpc) is 2.65. The van der Waals surface area contributed by atoms with Crippen LogP contribution in [-0.4, -0.2) is 30.0 Å². The smallest absolute Gasteiger partial charge is 0.338 e. The third-order valence-electron chi connectivity index (χ3n) is 3.35. The maximum atomic E-state index is 12.0. The van der Waals surface area contributed by atoms with Gasteiger partial charge in [0.25, 0.3) is 5.69 Å². The van der Waals surface area contributed by atoms with Gasteiger partial charge in [-0.1, -0.05) is 13.0 Å². The molecule has 2 rings (SSSR count). The topological polar surface area (TPSA) is 111 Å². The summed E-state index contributed by atoms with van der Waals surface area (Å²) in [7, 11) is 0. The second-order valence-electron chi connectivity index (χ2n) is 5.42. The number of nitrogens with one attached hydrogen (secondary N) is 2. The Balaban J connectivity index is 1.87. The Morgan fingerprint density at radius 2 is 1.85 bits per heavy atom. The molecule has 0 saturated carbocycles. The SMILES string of the molecule is CCCOC(=O)c1ccc(NC(=O)CNc2cccc([N+](=O)[O-])c2)cc1. The molecule has 0 unspecified atom stereocenters. The molecular formula is C18H19N3O5. The van der Waals surface area contributed by atoms with E-state index in [1.54, 1.807) is 30.3 Å². The van der Waals surface area contributed by atoms with Crippen molar-refractivity contribution < 1.29 is 19.2 Å². The van der Waals surface area contributed by atoms with Crippen molar-refractivity contribution in [2.24, 2.45) is 0 Å². The lowest BCUT2D eigenvalue weighted by Crippen LogP contribution is -2.21. The summed E-state index contributed by atoms with van der Waals surface area (Å²) in [5.74, 6) is -0.727. The van der Waals surface area contributed by atoms with Crippen LogP contribution in [0.1, 0.15) is 23.7 Å². The van der Waals surface area contributed by atoms with Gasteiger partial charge in [-0.15, -0.1) is 0 Å². The third kappa shape index (κ3) is 5.59. The number of anilines is 2. The first-order valence-corrected chi connectivity index (χ1v) is 8.05. The van der Waals surface area contributed by atoms with Crippen molar-refractivity contribution >= 4 is 28.9 Å². The molecule has 0 aliphatic rings. The summed E-state index contributed by atoms with van der Waals surface area (Å²) < 4.78 is 5.03. The van der Waals surface area contributed by atoms with Crippen molar-refractivity contribution in [3.8, 4) is 0 Å². The van der Waals surface area contributed by atoms with Gasteiger partial charge in [-0.2, -0.15) is 0 Å². The summed E-state index contributed by atoms with van der Waals surface area (Å²) in [5.41, 5.74) is 1.36. The van der Waals surface area contributed by atoms with E-state index in [2.05, 4.69) is 10.6 Å². The van der Waals surface area contributed by atoms with E-state index >= 15 is 0 Å². The minimum atomic E-state index is -0.502. The van der Waals surface area contributed by atoms with Crippen LogP contribution in [0.2, 0.25) is 0 Å². The van der Waals surface area contributed by atoms with Crippen molar-refractivity contribution in [1.82, 2.24) is 0 Å². The van der Waals surface area contributed by atoms with Crippen LogP contribution in [0.5, 0.6) is 0 Å². The molecule has 0 atom stereocenters. The Morgan fingerprint density at radius 1 is 1.12 bits per heavy atom. The number of esters is 1. The average molecular weight is 357 g/mol. The molecule has 2 aromatic carbocycles. The summed E-state index contributed by atoms with van der Waals surface area (Å²) in [5, 5.41) is 16.2. The lowest BCUT2D eigenvalue weighted by Gasteiger charge is -2.08. The molecule has 2 aromatic rings. The number of amides is 1. The summed E-state index contributed by atoms with van der Waals surface area (Å²) in [6.45, 7) is 2.22. The normalized spacial score (nSPS) is 10.0. The van der Waals surface area contributed by atoms with E-state index in [1.165, 1.54) is 18.2 Å². The summed E-state index contributed by atoms with van der Waals surface area (Å²) in [6.07, 6.45) is 0.747. The summed E-state index contributed by atoms with van der Waals surface area (Å²) >= 11 is 0. The molecule has 0 spiro atoms. The molecule has 136 valence electrons. The van der Waals surface area contributed by atoms with E-state index in [0.717, 1.165) is 6.42 Å². The van der Waals surface area contributed by atoms with E-state index in [0.29, 0.717) is 23.5 Å². The Morgan fingerprint density at radius 3 is 2.50 bits per heavy atom. The maximum Gasteiger partial charge on any atom is 0.338 e. The molecule has 2 N–H and O–H groups in total. The van der Waals surface area contributed by atoms with Crippen molar-refractivity contribution in [1.29, 1.82) is 0 Å². The number of hydrogen-bond donors (Lipinski definition) is 2. The highest BCUT2D eigenvalue weighted by molar-refractivity contribution is 5.95. The van der Waals surface area contributed by atoms with Gasteiger partial charge in [0.2, 0.25) is 5.91 Å². The summed E-state index contributed by atoms with van der Waals surface area (Å²) in [6, 6.07) is 12.2. The number of carbonyl (C=O) groups excluding carboxylic acids is 2. The maximum absolute atomic E-state index is 12.0. The first-order valence-electron chi connectivity index (χ1n) is 8.05. The van der Waals surface area contributed by atoms with Crippen molar-refractivity contribution in [2.75, 3.05) is 23.8 Å². The first kappa shape index (κ1) is 18.9. The molecule has 0 bridgehead atoms. The number of nitro groups is 1. The number of benzene rings is 2. The number of rotatable bonds is 8. The molecule has 0 saturated heterocycles. The number of ether oxygens (including phenoxy) is 1. The minimum absolute atomic E-state index is 0.0541. The van der Waals surface area contributed by atoms with Crippen LogP contribution in [0.25, 0.3) is 0 Å². The van der Waals surface area contributed by atoms with Crippen molar-refractivity contribution in [2.45, 2.75) is 13.3 Å². The Bertz CT molecular complexity index is 790. The van der Waals surface area contributed by atoms with Crippen molar-refractivity contribution in [3.05, 3.63) is 64.2 Å². The molecule has 8 heteroatoms. The predicted octanol–water partition coefficient (Wildman–Crippen LogP) is 3.21. The lowest BCUT2D eigenvalue weighted by atomic mass is 10.2. The second-order valence-corrected chi connectivity index (χ2v) is 5.42. The van der Waals surface area contributed by atoms with Crippen LogP contribution in [0.3, 0.4) is 0 Å². The zero-order valence-electron chi connectivity index (χ0n) is 14.2. The third-order valence-corrected chi connectivity index (χ3v) is 3.35. The van der Waals surface area contributed by atoms with Gasteiger partial charge in [0.05, 0.1) is 23.6 Å². The van der Waals surface area contributed by atoms with Gasteiger partial charge in [-0.05, 0) is 36.8 Å². The largest absolute Gasteiger partial charge is 0.462 e. The van der Waals surface area contributed by atoms with Crippen LogP contribution in [-0.2, 0) is 9.53 Å². The number of carbonyl (C=O) groups is 2. The molecule has 0 aromatic heterocycles. The van der Waals surface area contributed by atoms with Crippen LogP contribution >= 0.6 is 0 Å². The van der Waals surface area contributed by atoms with E-state index in [9.17, 15) is 19.7 Å². The number of non-ortho nitro benzene ring substituents is 1. The zero-order chi connectivity index (χ0) is 18.9. The first-order chi connectivity index (χ1) is 12.5. The van der Waals surface area contributed by atoms with Gasteiger partial charge in [-0.3, -0.25) is 14.9 Å². The fraction of sp³-hybridized carbons (Fsp3) is 0.222. The standard InChI is InChI=1S/C18H19N3O5/c1-2-10-26-18(23)13-6-8-14(9-7-13)20-17(22)12-19-15-4-3-5-16(11-15)21(24)25/h3-9,11,19H,2,10,12H2,1H3,(H,20,22). The van der Waals surface area contributed by atoms with Crippen LogP contribution in [0.15, 0.2) is 48.5 Å². The molecule has 0 heterocycles. The highest BCUT2D eigenvalue weighted by atomic mass is 16.6. The van der Waals surface area contributed by atoms with Crippen molar-refractivity contribution in [3.63, 3.8) is 0 Å². The molecular weight excluding hydrogens is 338 g/mol. The molecule has 26 heavy (non-hydrogen) atoms. The molecule has 0 fully saturated rings. The van der Waals surface area contributed by atoms with E-state index in [-0.39, 0.29) is 18.1 Å². The monoisotopic (exact) mass is 357 g/mol. The second kappa shape index (κ2) is 9.16. The van der Waals surface area contributed by atoms with E-state index in [4.69, 9.17) is 4.74 Å². The molecule has 0 aliphatic carbocycles. The zero-order valence-corrected chi connectivity index (χ0v) is 14.2. The quantitative estimate of drug-likeness (QED) is 0.426. The highest BCUT2D eigenvalue weighted by Crippen LogP contribution is 2.17. The van der Waals surface area contributed by atoms with Gasteiger partial charge in [-0.25, -0.2) is 4.79 Å². The van der Waals surface area contributed by atoms with Gasteiger partial charge in [0, 0.05) is 23.5 Å². The minimum Gasteiger partial charge on any atom is -0.462 e. The molecule has 0 radical (unpaired) electrons. The Labute approximate surface area is 150 Å². The van der Waals surface area contributed by atoms with Gasteiger partial charge in [0.15, 0.2) is 0 Å². The van der Waals surface area contributed by atoms with Gasteiger partial charge in [0.1, 0.15) is 0 Å². The van der Waals surface area contributed by atoms with Gasteiger partial charge < -0.3 is 15.4 Å². The molecule has 0 aliphatic heterocycles. The Kier molecular flexibility index (Phi) is 6.67. The summed E-state index contributed by atoms with van der Waals surface area (Å²) in [4.78, 5) is 33.9. The number of nitrogens with zero attached hydrogens (tertiary/aromatic N) is 1. The van der Waals surface area contributed by atoms with Crippen LogP contribution < -0.4 is 10.6 Å². The number of nitro benzene ring substituents is 1. The predicted molar refractivity (Wildman–Crippen MR) is 97.2 cm³/mol. The van der Waals surface area contributed by atoms with E-state index < -0.39 is 10.9 Å². The fourth-order valence-corrected chi connectivity index (χ4v) is 2.08.